The van der Waals surface area contributed by atoms with Crippen LogP contribution in [-0.2, 0) is 7.05 Å². The summed E-state index contributed by atoms with van der Waals surface area (Å²) in [7, 11) is 1.54. The van der Waals surface area contributed by atoms with Crippen LogP contribution in [-0.4, -0.2) is 14.3 Å². The minimum atomic E-state index is -2.60. The second kappa shape index (κ2) is 2.69. The first-order valence-electron chi connectivity index (χ1n) is 2.94. The zero-order valence-electron chi connectivity index (χ0n) is 6.08. The number of aryl methyl sites for hydroxylation is 2. The molecule has 0 bridgehead atoms. The Balaban J connectivity index is 3.35. The van der Waals surface area contributed by atoms with E-state index in [4.69, 9.17) is 0 Å². The van der Waals surface area contributed by atoms with E-state index < -0.39 is 6.55 Å². The van der Waals surface area contributed by atoms with Crippen molar-refractivity contribution in [2.75, 3.05) is 0 Å². The third-order valence-electron chi connectivity index (χ3n) is 1.32. The summed E-state index contributed by atoms with van der Waals surface area (Å²) in [6.45, 7) is -1.11. The van der Waals surface area contributed by atoms with E-state index in [2.05, 4.69) is 17.3 Å². The summed E-state index contributed by atoms with van der Waals surface area (Å²) in [4.78, 5) is 0. The lowest BCUT2D eigenvalue weighted by Crippen LogP contribution is -2.00. The van der Waals surface area contributed by atoms with Gasteiger partial charge in [0, 0.05) is 7.05 Å². The van der Waals surface area contributed by atoms with Crippen molar-refractivity contribution in [2.24, 2.45) is 7.05 Å². The highest BCUT2D eigenvalue weighted by Crippen LogP contribution is 2.12. The molecule has 0 fully saturated rings. The van der Waals surface area contributed by atoms with Gasteiger partial charge in [-0.3, -0.25) is 0 Å². The second-order valence-electron chi connectivity index (χ2n) is 2.10. The predicted molar refractivity (Wildman–Crippen MR) is 38.0 cm³/mol. The fourth-order valence-electron chi connectivity index (χ4n) is 0.827. The molecule has 1 rings (SSSR count). The molecule has 0 aliphatic heterocycles. The number of hydrogen-bond donors (Lipinski definition) is 0. The highest BCUT2D eigenvalue weighted by atomic mass is 32.1. The van der Waals surface area contributed by atoms with Crippen LogP contribution in [0.25, 0.3) is 0 Å². The van der Waals surface area contributed by atoms with Crippen LogP contribution in [0.15, 0.2) is 0 Å². The maximum absolute atomic E-state index is 12.1. The van der Waals surface area contributed by atoms with Gasteiger partial charge in [0.05, 0.1) is 0 Å². The Morgan fingerprint density at radius 1 is 1.55 bits per heavy atom. The van der Waals surface area contributed by atoms with E-state index in [1.54, 1.807) is 0 Å². The first-order chi connectivity index (χ1) is 5.04. The standard InChI is InChI=1S/C5H7F2N3S/c1-3-8-9(2)5(11)10(3)4(6)7/h4H,1-2H3. The molecule has 0 N–H and O–H groups in total. The third-order valence-corrected chi connectivity index (χ3v) is 1.78. The summed E-state index contributed by atoms with van der Waals surface area (Å²) >= 11 is 4.67. The van der Waals surface area contributed by atoms with Gasteiger partial charge in [0.25, 0.3) is 0 Å². The predicted octanol–water partition coefficient (Wildman–Crippen LogP) is 1.65. The topological polar surface area (TPSA) is 22.8 Å². The average Bonchev–Trinajstić information content (AvgIpc) is 2.07. The summed E-state index contributed by atoms with van der Waals surface area (Å²) in [5, 5.41) is 3.73. The summed E-state index contributed by atoms with van der Waals surface area (Å²) in [6, 6.07) is 0. The summed E-state index contributed by atoms with van der Waals surface area (Å²) < 4.78 is 26.3. The van der Waals surface area contributed by atoms with Crippen molar-refractivity contribution in [1.82, 2.24) is 14.3 Å². The summed E-state index contributed by atoms with van der Waals surface area (Å²) in [5.74, 6) is 0.229. The lowest BCUT2D eigenvalue weighted by atomic mass is 10.7. The molecule has 0 aliphatic rings. The molecule has 0 aliphatic carbocycles. The van der Waals surface area contributed by atoms with Crippen molar-refractivity contribution in [3.05, 3.63) is 10.6 Å². The molecule has 0 amide bonds. The Labute approximate surface area is 67.3 Å². The Morgan fingerprint density at radius 3 is 2.27 bits per heavy atom. The van der Waals surface area contributed by atoms with Crippen molar-refractivity contribution in [1.29, 1.82) is 0 Å². The number of nitrogens with zero attached hydrogens (tertiary/aromatic N) is 3. The minimum absolute atomic E-state index is 0.0394. The largest absolute Gasteiger partial charge is 0.322 e. The van der Waals surface area contributed by atoms with E-state index >= 15 is 0 Å². The van der Waals surface area contributed by atoms with E-state index in [-0.39, 0.29) is 10.6 Å². The monoisotopic (exact) mass is 179 g/mol. The fourth-order valence-corrected chi connectivity index (χ4v) is 1.08. The SMILES string of the molecule is Cc1nn(C)c(=S)n1C(F)F. The molecule has 3 nitrogen and oxygen atoms in total. The Bertz CT molecular complexity index is 314. The summed E-state index contributed by atoms with van der Waals surface area (Å²) in [5.41, 5.74) is 0. The molecule has 0 aromatic carbocycles. The van der Waals surface area contributed by atoms with Crippen molar-refractivity contribution in [3.8, 4) is 0 Å². The Morgan fingerprint density at radius 2 is 2.09 bits per heavy atom. The van der Waals surface area contributed by atoms with Gasteiger partial charge in [-0.1, -0.05) is 0 Å². The molecule has 0 atom stereocenters. The van der Waals surface area contributed by atoms with Crippen LogP contribution in [0.5, 0.6) is 0 Å². The molecular formula is C5H7F2N3S. The lowest BCUT2D eigenvalue weighted by Gasteiger charge is -1.98. The number of alkyl halides is 2. The molecule has 11 heavy (non-hydrogen) atoms. The first kappa shape index (κ1) is 8.32. The molecule has 1 aromatic rings. The fraction of sp³-hybridized carbons (Fsp3) is 0.600. The summed E-state index contributed by atoms with van der Waals surface area (Å²) in [6.07, 6.45) is 0. The molecule has 1 aromatic heterocycles. The van der Waals surface area contributed by atoms with Gasteiger partial charge in [-0.25, -0.2) is 9.25 Å². The van der Waals surface area contributed by atoms with E-state index in [0.29, 0.717) is 4.57 Å². The van der Waals surface area contributed by atoms with Crippen LogP contribution in [0.1, 0.15) is 12.4 Å². The minimum Gasteiger partial charge on any atom is -0.245 e. The van der Waals surface area contributed by atoms with Gasteiger partial charge in [-0.2, -0.15) is 13.9 Å². The molecule has 6 heteroatoms. The normalized spacial score (nSPS) is 11.0. The molecule has 1 heterocycles. The number of rotatable bonds is 1. The highest BCUT2D eigenvalue weighted by molar-refractivity contribution is 7.71. The van der Waals surface area contributed by atoms with E-state index in [0.717, 1.165) is 0 Å². The van der Waals surface area contributed by atoms with Gasteiger partial charge >= 0.3 is 6.55 Å². The van der Waals surface area contributed by atoms with Crippen molar-refractivity contribution in [2.45, 2.75) is 13.5 Å². The molecular weight excluding hydrogens is 172 g/mol. The smallest absolute Gasteiger partial charge is 0.245 e. The van der Waals surface area contributed by atoms with Crippen LogP contribution < -0.4 is 0 Å². The van der Waals surface area contributed by atoms with Crippen LogP contribution in [0.4, 0.5) is 8.78 Å². The van der Waals surface area contributed by atoms with Crippen LogP contribution in [0, 0.1) is 11.7 Å². The quantitative estimate of drug-likeness (QED) is 0.612. The van der Waals surface area contributed by atoms with Crippen molar-refractivity contribution in [3.63, 3.8) is 0 Å². The maximum Gasteiger partial charge on any atom is 0.322 e. The Hall–Kier alpha value is -0.780. The van der Waals surface area contributed by atoms with E-state index in [1.807, 2.05) is 0 Å². The van der Waals surface area contributed by atoms with Gasteiger partial charge < -0.3 is 0 Å². The van der Waals surface area contributed by atoms with Gasteiger partial charge in [0.1, 0.15) is 5.82 Å². The van der Waals surface area contributed by atoms with Gasteiger partial charge in [0.2, 0.25) is 4.77 Å². The van der Waals surface area contributed by atoms with Crippen molar-refractivity contribution >= 4 is 12.2 Å². The van der Waals surface area contributed by atoms with Crippen LogP contribution in [0.3, 0.4) is 0 Å². The second-order valence-corrected chi connectivity index (χ2v) is 2.47. The number of halogens is 2. The number of aromatic nitrogens is 3. The third kappa shape index (κ3) is 1.30. The van der Waals surface area contributed by atoms with Crippen LogP contribution in [0.2, 0.25) is 0 Å². The van der Waals surface area contributed by atoms with Crippen molar-refractivity contribution < 1.29 is 8.78 Å². The molecule has 0 spiro atoms. The number of hydrogen-bond acceptors (Lipinski definition) is 2. The first-order valence-corrected chi connectivity index (χ1v) is 3.35. The van der Waals surface area contributed by atoms with E-state index in [9.17, 15) is 8.78 Å². The highest BCUT2D eigenvalue weighted by Gasteiger charge is 2.12. The molecule has 0 radical (unpaired) electrons. The van der Waals surface area contributed by atoms with Gasteiger partial charge in [0.15, 0.2) is 0 Å². The molecule has 0 saturated heterocycles. The molecule has 0 unspecified atom stereocenters. The maximum atomic E-state index is 12.1. The Kier molecular flexibility index (Phi) is 2.03. The van der Waals surface area contributed by atoms with Crippen LogP contribution >= 0.6 is 12.2 Å². The van der Waals surface area contributed by atoms with E-state index in [1.165, 1.54) is 18.7 Å². The zero-order chi connectivity index (χ0) is 8.59. The average molecular weight is 179 g/mol. The zero-order valence-corrected chi connectivity index (χ0v) is 6.90. The molecule has 62 valence electrons. The van der Waals surface area contributed by atoms with Gasteiger partial charge in [-0.15, -0.1) is 0 Å². The van der Waals surface area contributed by atoms with Gasteiger partial charge in [-0.05, 0) is 19.1 Å². The lowest BCUT2D eigenvalue weighted by molar-refractivity contribution is 0.0658. The molecule has 0 saturated carbocycles.